The Morgan fingerprint density at radius 1 is 1.37 bits per heavy atom. The van der Waals surface area contributed by atoms with E-state index in [1.54, 1.807) is 16.7 Å². The standard InChI is InChI=1S/C20H21N3O3S/c1-3-6-15-9-12-22(13-10-15)18(20(27)21-11-4-2)19(24)16-7-5-8-17(14-16)23(25)26/h4-5,7-10,12-14,18H,2-3,6,11H2,1H3/p+1/t18-/m0/s1. The number of benzene rings is 1. The average molecular weight is 384 g/mol. The summed E-state index contributed by atoms with van der Waals surface area (Å²) in [6.07, 6.45) is 7.25. The lowest BCUT2D eigenvalue weighted by atomic mass is 10.0. The van der Waals surface area contributed by atoms with Crippen LogP contribution >= 0.6 is 12.2 Å². The largest absolute Gasteiger partial charge is 0.370 e. The highest BCUT2D eigenvalue weighted by Crippen LogP contribution is 2.17. The number of nitrogens with zero attached hydrogens (tertiary/aromatic N) is 2. The van der Waals surface area contributed by atoms with Crippen LogP contribution in [0.4, 0.5) is 5.69 Å². The molecule has 1 heterocycles. The summed E-state index contributed by atoms with van der Waals surface area (Å²) >= 11 is 5.43. The highest BCUT2D eigenvalue weighted by atomic mass is 32.1. The SMILES string of the molecule is C=CCNC(=S)[C@H](C(=O)c1cccc([N+](=O)[O-])c1)[n+]1ccc(CCC)cc1. The van der Waals surface area contributed by atoms with E-state index in [0.29, 0.717) is 11.5 Å². The van der Waals surface area contributed by atoms with Crippen LogP contribution in [0.1, 0.15) is 35.3 Å². The van der Waals surface area contributed by atoms with Crippen LogP contribution in [0, 0.1) is 10.1 Å². The van der Waals surface area contributed by atoms with Crippen molar-refractivity contribution in [2.45, 2.75) is 25.8 Å². The quantitative estimate of drug-likeness (QED) is 0.179. The predicted molar refractivity (Wildman–Crippen MR) is 108 cm³/mol. The van der Waals surface area contributed by atoms with Crippen LogP contribution in [-0.2, 0) is 6.42 Å². The Hall–Kier alpha value is -2.93. The summed E-state index contributed by atoms with van der Waals surface area (Å²) in [5.41, 5.74) is 1.27. The first kappa shape index (κ1) is 20.4. The number of rotatable bonds is 9. The Balaban J connectivity index is 2.40. The maximum Gasteiger partial charge on any atom is 0.270 e. The van der Waals surface area contributed by atoms with Gasteiger partial charge in [0.05, 0.1) is 4.92 Å². The Bertz CT molecular complexity index is 850. The number of nitro groups is 1. The minimum atomic E-state index is -0.794. The monoisotopic (exact) mass is 384 g/mol. The molecule has 140 valence electrons. The summed E-state index contributed by atoms with van der Waals surface area (Å²) in [7, 11) is 0. The Labute approximate surface area is 163 Å². The van der Waals surface area contributed by atoms with E-state index in [0.717, 1.165) is 12.8 Å². The third kappa shape index (κ3) is 5.27. The van der Waals surface area contributed by atoms with Crippen LogP contribution in [0.5, 0.6) is 0 Å². The number of hydrogen-bond donors (Lipinski definition) is 1. The number of non-ortho nitro benzene ring substituents is 1. The minimum absolute atomic E-state index is 0.132. The fraction of sp³-hybridized carbons (Fsp3) is 0.250. The smallest absolute Gasteiger partial charge is 0.270 e. The summed E-state index contributed by atoms with van der Waals surface area (Å²) in [6.45, 7) is 6.17. The molecule has 0 aliphatic heterocycles. The molecule has 27 heavy (non-hydrogen) atoms. The van der Waals surface area contributed by atoms with Crippen molar-refractivity contribution in [2.75, 3.05) is 6.54 Å². The highest BCUT2D eigenvalue weighted by molar-refractivity contribution is 7.80. The van der Waals surface area contributed by atoms with Crippen molar-refractivity contribution >= 4 is 28.7 Å². The lowest BCUT2D eigenvalue weighted by Crippen LogP contribution is -2.51. The summed E-state index contributed by atoms with van der Waals surface area (Å²) in [5, 5.41) is 14.0. The normalized spacial score (nSPS) is 11.4. The molecule has 0 saturated carbocycles. The molecule has 0 aliphatic carbocycles. The number of ketones is 1. The molecule has 0 fully saturated rings. The second kappa shape index (κ2) is 9.68. The summed E-state index contributed by atoms with van der Waals surface area (Å²) in [5.74, 6) is -0.312. The number of nitro benzene ring substituents is 1. The molecule has 7 heteroatoms. The van der Waals surface area contributed by atoms with Crippen LogP contribution in [-0.4, -0.2) is 22.2 Å². The number of hydrogen-bond acceptors (Lipinski definition) is 4. The third-order valence-corrected chi connectivity index (χ3v) is 4.38. The van der Waals surface area contributed by atoms with Gasteiger partial charge < -0.3 is 5.32 Å². The summed E-state index contributed by atoms with van der Waals surface area (Å²) in [4.78, 5) is 24.0. The van der Waals surface area contributed by atoms with Crippen molar-refractivity contribution in [3.8, 4) is 0 Å². The number of Topliss-reactive ketones (excluding diaryl/α,β-unsaturated/α-hetero) is 1. The zero-order valence-corrected chi connectivity index (χ0v) is 15.9. The third-order valence-electron chi connectivity index (χ3n) is 4.02. The van der Waals surface area contributed by atoms with Gasteiger partial charge >= 0.3 is 0 Å². The van der Waals surface area contributed by atoms with E-state index in [-0.39, 0.29) is 17.0 Å². The molecule has 0 bridgehead atoms. The minimum Gasteiger partial charge on any atom is -0.370 e. The average Bonchev–Trinajstić information content (AvgIpc) is 2.68. The molecule has 6 nitrogen and oxygen atoms in total. The van der Waals surface area contributed by atoms with E-state index in [9.17, 15) is 14.9 Å². The van der Waals surface area contributed by atoms with Crippen molar-refractivity contribution in [1.29, 1.82) is 0 Å². The Morgan fingerprint density at radius 3 is 2.67 bits per heavy atom. The predicted octanol–water partition coefficient (Wildman–Crippen LogP) is 3.36. The van der Waals surface area contributed by atoms with Gasteiger partial charge in [-0.3, -0.25) is 14.9 Å². The van der Waals surface area contributed by atoms with Crippen molar-refractivity contribution in [3.63, 3.8) is 0 Å². The molecule has 0 amide bonds. The molecule has 2 rings (SSSR count). The molecular formula is C20H22N3O3S+. The number of aryl methyl sites for hydroxylation is 1. The molecule has 0 spiro atoms. The van der Waals surface area contributed by atoms with Gasteiger partial charge in [0.15, 0.2) is 17.4 Å². The lowest BCUT2D eigenvalue weighted by Gasteiger charge is -2.14. The fourth-order valence-corrected chi connectivity index (χ4v) is 3.00. The Morgan fingerprint density at radius 2 is 2.07 bits per heavy atom. The molecule has 2 aromatic rings. The van der Waals surface area contributed by atoms with Crippen LogP contribution in [0.3, 0.4) is 0 Å². The van der Waals surface area contributed by atoms with Gasteiger partial charge in [0, 0.05) is 36.4 Å². The van der Waals surface area contributed by atoms with E-state index in [2.05, 4.69) is 18.8 Å². The molecular weight excluding hydrogens is 362 g/mol. The maximum absolute atomic E-state index is 13.1. The molecule has 1 atom stereocenters. The number of carbonyl (C=O) groups excluding carboxylic acids is 1. The van der Waals surface area contributed by atoms with Crippen molar-refractivity contribution in [2.24, 2.45) is 0 Å². The second-order valence-electron chi connectivity index (χ2n) is 6.01. The van der Waals surface area contributed by atoms with E-state index >= 15 is 0 Å². The molecule has 0 saturated heterocycles. The van der Waals surface area contributed by atoms with Gasteiger partial charge in [-0.15, -0.1) is 6.58 Å². The van der Waals surface area contributed by atoms with Crippen LogP contribution in [0.25, 0.3) is 0 Å². The first-order chi connectivity index (χ1) is 13.0. The van der Waals surface area contributed by atoms with Gasteiger partial charge in [-0.25, -0.2) is 0 Å². The zero-order valence-electron chi connectivity index (χ0n) is 15.1. The molecule has 0 aliphatic rings. The summed E-state index contributed by atoms with van der Waals surface area (Å²) in [6, 6.07) is 8.80. The van der Waals surface area contributed by atoms with E-state index in [1.807, 2.05) is 24.5 Å². The Kier molecular flexibility index (Phi) is 7.31. The lowest BCUT2D eigenvalue weighted by molar-refractivity contribution is -0.692. The van der Waals surface area contributed by atoms with E-state index < -0.39 is 11.0 Å². The molecule has 0 unspecified atom stereocenters. The van der Waals surface area contributed by atoms with Crippen LogP contribution in [0.2, 0.25) is 0 Å². The number of nitrogens with one attached hydrogen (secondary N) is 1. The molecule has 0 radical (unpaired) electrons. The molecule has 1 N–H and O–H groups in total. The van der Waals surface area contributed by atoms with Gasteiger partial charge in [-0.2, -0.15) is 4.57 Å². The molecule has 1 aromatic carbocycles. The number of aromatic nitrogens is 1. The van der Waals surface area contributed by atoms with Crippen LogP contribution in [0.15, 0.2) is 61.4 Å². The number of pyridine rings is 1. The molecule has 1 aromatic heterocycles. The van der Waals surface area contributed by atoms with Gasteiger partial charge in [-0.05, 0) is 12.0 Å². The number of thiocarbonyl (C=S) groups is 1. The highest BCUT2D eigenvalue weighted by Gasteiger charge is 2.33. The first-order valence-electron chi connectivity index (χ1n) is 8.65. The number of carbonyl (C=O) groups is 1. The van der Waals surface area contributed by atoms with Crippen molar-refractivity contribution < 1.29 is 14.3 Å². The first-order valence-corrected chi connectivity index (χ1v) is 9.05. The summed E-state index contributed by atoms with van der Waals surface area (Å²) < 4.78 is 1.72. The second-order valence-corrected chi connectivity index (χ2v) is 6.45. The van der Waals surface area contributed by atoms with Crippen molar-refractivity contribution in [1.82, 2.24) is 5.32 Å². The topological polar surface area (TPSA) is 76.1 Å². The maximum atomic E-state index is 13.1. The zero-order chi connectivity index (χ0) is 19.8. The van der Waals surface area contributed by atoms with Crippen LogP contribution < -0.4 is 9.88 Å². The van der Waals surface area contributed by atoms with Gasteiger partial charge in [0.25, 0.3) is 11.7 Å². The van der Waals surface area contributed by atoms with Gasteiger partial charge in [0.1, 0.15) is 0 Å². The van der Waals surface area contributed by atoms with E-state index in [4.69, 9.17) is 12.2 Å². The van der Waals surface area contributed by atoms with Crippen molar-refractivity contribution in [3.05, 3.63) is 82.7 Å². The fourth-order valence-electron chi connectivity index (χ4n) is 2.69. The van der Waals surface area contributed by atoms with E-state index in [1.165, 1.54) is 23.8 Å². The van der Waals surface area contributed by atoms with Gasteiger partial charge in [-0.1, -0.05) is 43.8 Å². The van der Waals surface area contributed by atoms with Gasteiger partial charge in [0.2, 0.25) is 5.78 Å².